The van der Waals surface area contributed by atoms with E-state index in [1.54, 1.807) is 23.1 Å². The van der Waals surface area contributed by atoms with Crippen LogP contribution in [0.1, 0.15) is 50.1 Å². The molecule has 1 aromatic carbocycles. The Morgan fingerprint density at radius 1 is 1.31 bits per heavy atom. The third-order valence-electron chi connectivity index (χ3n) is 5.57. The lowest BCUT2D eigenvalue weighted by Crippen LogP contribution is -2.61. The van der Waals surface area contributed by atoms with Gasteiger partial charge >= 0.3 is 0 Å². The Hall–Kier alpha value is -2.70. The van der Waals surface area contributed by atoms with Crippen LogP contribution in [0.4, 0.5) is 4.39 Å². The van der Waals surface area contributed by atoms with Crippen LogP contribution in [0.3, 0.4) is 0 Å². The van der Waals surface area contributed by atoms with Gasteiger partial charge in [-0.25, -0.2) is 4.39 Å². The van der Waals surface area contributed by atoms with Crippen LogP contribution in [0.2, 0.25) is 0 Å². The molecule has 154 valence electrons. The topological polar surface area (TPSA) is 75.4 Å². The summed E-state index contributed by atoms with van der Waals surface area (Å²) >= 11 is 0. The number of nitrogens with zero attached hydrogens (tertiary/aromatic N) is 2. The minimum absolute atomic E-state index is 0.0261. The van der Waals surface area contributed by atoms with Gasteiger partial charge in [0.25, 0.3) is 5.91 Å². The van der Waals surface area contributed by atoms with E-state index >= 15 is 0 Å². The zero-order chi connectivity index (χ0) is 20.5. The first kappa shape index (κ1) is 19.6. The van der Waals surface area contributed by atoms with Crippen LogP contribution >= 0.6 is 0 Å². The van der Waals surface area contributed by atoms with Crippen molar-refractivity contribution in [3.05, 3.63) is 41.9 Å². The van der Waals surface area contributed by atoms with Gasteiger partial charge in [-0.05, 0) is 48.9 Å². The van der Waals surface area contributed by atoms with Gasteiger partial charge in [-0.2, -0.15) is 0 Å². The second-order valence-electron chi connectivity index (χ2n) is 8.57. The monoisotopic (exact) mass is 399 g/mol. The van der Waals surface area contributed by atoms with Crippen molar-refractivity contribution in [3.63, 3.8) is 0 Å². The van der Waals surface area contributed by atoms with Crippen molar-refractivity contribution in [1.29, 1.82) is 0 Å². The molecule has 29 heavy (non-hydrogen) atoms. The molecule has 1 saturated carbocycles. The van der Waals surface area contributed by atoms with Crippen LogP contribution in [-0.4, -0.2) is 40.5 Å². The molecule has 7 heteroatoms. The number of halogens is 1. The average Bonchev–Trinajstić information content (AvgIpc) is 3.35. The standard InChI is InChI=1S/C22H26FN3O3/c1-13(2)9-19-21(27)24-17(10-14-3-4-14)12-26(19)22(28)20-11-18(25-29-20)15-5-7-16(23)8-6-15/h5-8,11,13-14,17,19H,3-4,9-10,12H2,1-2H3,(H,24,27)/t17-,19-/m0/s1. The molecule has 2 fully saturated rings. The molecule has 1 aliphatic heterocycles. The summed E-state index contributed by atoms with van der Waals surface area (Å²) < 4.78 is 18.5. The molecule has 0 spiro atoms. The molecule has 4 rings (SSSR count). The predicted molar refractivity (Wildman–Crippen MR) is 105 cm³/mol. The molecule has 0 unspecified atom stereocenters. The highest BCUT2D eigenvalue weighted by Crippen LogP contribution is 2.35. The van der Waals surface area contributed by atoms with Crippen LogP contribution in [0.5, 0.6) is 0 Å². The number of rotatable bonds is 6. The highest BCUT2D eigenvalue weighted by atomic mass is 19.1. The van der Waals surface area contributed by atoms with E-state index in [4.69, 9.17) is 4.52 Å². The molecule has 2 heterocycles. The molecule has 2 atom stereocenters. The van der Waals surface area contributed by atoms with Gasteiger partial charge in [0.05, 0.1) is 0 Å². The number of nitrogens with one attached hydrogen (secondary N) is 1. The lowest BCUT2D eigenvalue weighted by atomic mass is 9.96. The molecular weight excluding hydrogens is 373 g/mol. The quantitative estimate of drug-likeness (QED) is 0.805. The van der Waals surface area contributed by atoms with E-state index in [0.29, 0.717) is 30.1 Å². The summed E-state index contributed by atoms with van der Waals surface area (Å²) in [6.07, 6.45) is 3.88. The Morgan fingerprint density at radius 3 is 2.69 bits per heavy atom. The van der Waals surface area contributed by atoms with Crippen LogP contribution in [0.25, 0.3) is 11.3 Å². The fourth-order valence-electron chi connectivity index (χ4n) is 3.92. The van der Waals surface area contributed by atoms with Gasteiger partial charge in [0.15, 0.2) is 0 Å². The van der Waals surface area contributed by atoms with Gasteiger partial charge in [0.1, 0.15) is 17.6 Å². The van der Waals surface area contributed by atoms with Gasteiger partial charge in [0.2, 0.25) is 11.7 Å². The maximum Gasteiger partial charge on any atom is 0.293 e. The zero-order valence-corrected chi connectivity index (χ0v) is 16.7. The lowest BCUT2D eigenvalue weighted by molar-refractivity contribution is -0.130. The van der Waals surface area contributed by atoms with Gasteiger partial charge in [0, 0.05) is 24.2 Å². The van der Waals surface area contributed by atoms with E-state index < -0.39 is 6.04 Å². The van der Waals surface area contributed by atoms with Crippen molar-refractivity contribution in [1.82, 2.24) is 15.4 Å². The summed E-state index contributed by atoms with van der Waals surface area (Å²) in [5, 5.41) is 7.07. The van der Waals surface area contributed by atoms with Crippen LogP contribution in [-0.2, 0) is 4.79 Å². The van der Waals surface area contributed by atoms with E-state index in [1.165, 1.54) is 25.0 Å². The average molecular weight is 399 g/mol. The van der Waals surface area contributed by atoms with Gasteiger partial charge in [-0.15, -0.1) is 0 Å². The smallest absolute Gasteiger partial charge is 0.293 e. The number of carbonyl (C=O) groups is 2. The summed E-state index contributed by atoms with van der Waals surface area (Å²) in [7, 11) is 0. The minimum atomic E-state index is -0.516. The zero-order valence-electron chi connectivity index (χ0n) is 16.7. The molecule has 0 radical (unpaired) electrons. The maximum atomic E-state index is 13.2. The van der Waals surface area contributed by atoms with Crippen LogP contribution in [0, 0.1) is 17.7 Å². The molecule has 2 aromatic rings. The number of amides is 2. The summed E-state index contributed by atoms with van der Waals surface area (Å²) in [5.74, 6) is 0.248. The third kappa shape index (κ3) is 4.49. The fraction of sp³-hybridized carbons (Fsp3) is 0.500. The number of benzene rings is 1. The lowest BCUT2D eigenvalue weighted by Gasteiger charge is -2.39. The molecule has 1 aromatic heterocycles. The van der Waals surface area contributed by atoms with Crippen molar-refractivity contribution < 1.29 is 18.5 Å². The number of carbonyl (C=O) groups excluding carboxylic acids is 2. The fourth-order valence-corrected chi connectivity index (χ4v) is 3.92. The van der Waals surface area contributed by atoms with Gasteiger partial charge < -0.3 is 14.7 Å². The van der Waals surface area contributed by atoms with Crippen molar-refractivity contribution >= 4 is 11.8 Å². The van der Waals surface area contributed by atoms with E-state index in [0.717, 1.165) is 6.42 Å². The van der Waals surface area contributed by atoms with Crippen LogP contribution in [0.15, 0.2) is 34.9 Å². The van der Waals surface area contributed by atoms with Crippen LogP contribution < -0.4 is 5.32 Å². The number of hydrogen-bond acceptors (Lipinski definition) is 4. The Labute approximate surface area is 169 Å². The number of hydrogen-bond donors (Lipinski definition) is 1. The van der Waals surface area contributed by atoms with E-state index in [1.807, 2.05) is 13.8 Å². The summed E-state index contributed by atoms with van der Waals surface area (Å²) in [4.78, 5) is 27.6. The molecule has 2 aliphatic rings. The van der Waals surface area contributed by atoms with Gasteiger partial charge in [-0.1, -0.05) is 31.8 Å². The second-order valence-corrected chi connectivity index (χ2v) is 8.57. The Kier molecular flexibility index (Phi) is 5.39. The van der Waals surface area contributed by atoms with E-state index in [2.05, 4.69) is 10.5 Å². The molecule has 1 N–H and O–H groups in total. The summed E-state index contributed by atoms with van der Waals surface area (Å²) in [6, 6.07) is 6.86. The molecule has 0 bridgehead atoms. The Morgan fingerprint density at radius 2 is 2.03 bits per heavy atom. The van der Waals surface area contributed by atoms with E-state index in [-0.39, 0.29) is 35.4 Å². The molecule has 1 aliphatic carbocycles. The minimum Gasteiger partial charge on any atom is -0.350 e. The second kappa shape index (κ2) is 7.97. The Bertz CT molecular complexity index is 889. The molecule has 1 saturated heterocycles. The third-order valence-corrected chi connectivity index (χ3v) is 5.57. The van der Waals surface area contributed by atoms with Crippen molar-refractivity contribution in [3.8, 4) is 11.3 Å². The highest BCUT2D eigenvalue weighted by molar-refractivity contribution is 5.97. The summed E-state index contributed by atoms with van der Waals surface area (Å²) in [6.45, 7) is 4.55. The van der Waals surface area contributed by atoms with Crippen molar-refractivity contribution in [2.45, 2.75) is 51.6 Å². The molecule has 6 nitrogen and oxygen atoms in total. The van der Waals surface area contributed by atoms with Crippen molar-refractivity contribution in [2.24, 2.45) is 11.8 Å². The Balaban J connectivity index is 1.56. The maximum absolute atomic E-state index is 13.2. The normalized spacial score (nSPS) is 22.1. The van der Waals surface area contributed by atoms with Gasteiger partial charge in [-0.3, -0.25) is 9.59 Å². The first-order valence-electron chi connectivity index (χ1n) is 10.2. The first-order valence-corrected chi connectivity index (χ1v) is 10.2. The first-order chi connectivity index (χ1) is 13.9. The highest BCUT2D eigenvalue weighted by Gasteiger charge is 2.40. The number of piperazine rings is 1. The van der Waals surface area contributed by atoms with E-state index in [9.17, 15) is 14.0 Å². The summed E-state index contributed by atoms with van der Waals surface area (Å²) in [5.41, 5.74) is 1.13. The van der Waals surface area contributed by atoms with Crippen molar-refractivity contribution in [2.75, 3.05) is 6.54 Å². The number of aromatic nitrogens is 1. The SMILES string of the molecule is CC(C)C[C@H]1C(=O)N[C@@H](CC2CC2)CN1C(=O)c1cc(-c2ccc(F)cc2)no1. The predicted octanol–water partition coefficient (Wildman–Crippen LogP) is 3.64. The molecular formula is C22H26FN3O3. The largest absolute Gasteiger partial charge is 0.350 e. The molecule has 2 amide bonds.